The molecule has 0 amide bonds. The first-order valence-electron chi connectivity index (χ1n) is 10.4. The van der Waals surface area contributed by atoms with Crippen molar-refractivity contribution in [3.63, 3.8) is 0 Å². The molecule has 1 aromatic rings. The van der Waals surface area contributed by atoms with Crippen molar-refractivity contribution in [1.82, 2.24) is 13.6 Å². The number of aldehydes is 1. The van der Waals surface area contributed by atoms with E-state index in [1.807, 2.05) is 21.7 Å². The van der Waals surface area contributed by atoms with Crippen molar-refractivity contribution in [2.45, 2.75) is 45.1 Å². The number of aromatic nitrogens is 1. The van der Waals surface area contributed by atoms with Gasteiger partial charge in [0.25, 0.3) is 0 Å². The van der Waals surface area contributed by atoms with Crippen LogP contribution in [-0.4, -0.2) is 56.4 Å². The Labute approximate surface area is 182 Å². The second-order valence-electron chi connectivity index (χ2n) is 8.01. The summed E-state index contributed by atoms with van der Waals surface area (Å²) in [6.07, 6.45) is 11.5. The van der Waals surface area contributed by atoms with E-state index in [1.54, 1.807) is 25.3 Å². The number of ether oxygens (including phenoxy) is 1. The van der Waals surface area contributed by atoms with Gasteiger partial charge in [-0.3, -0.25) is 9.78 Å². The Morgan fingerprint density at radius 1 is 1.40 bits per heavy atom. The number of pyridine rings is 1. The predicted octanol–water partition coefficient (Wildman–Crippen LogP) is 3.49. The van der Waals surface area contributed by atoms with E-state index in [2.05, 4.69) is 24.6 Å². The molecule has 30 heavy (non-hydrogen) atoms. The van der Waals surface area contributed by atoms with Gasteiger partial charge >= 0.3 is 0 Å². The van der Waals surface area contributed by atoms with Gasteiger partial charge in [0, 0.05) is 51.5 Å². The SMILES string of the molecule is C=C/C(=C\C=C(/C)C=O)c1cc2c(cn1)OC1(CCN(S(=O)N(C)CCC)CC1)C2. The summed E-state index contributed by atoms with van der Waals surface area (Å²) >= 11 is -1.09. The van der Waals surface area contributed by atoms with Gasteiger partial charge in [-0.15, -0.1) is 0 Å². The fourth-order valence-electron chi connectivity index (χ4n) is 3.93. The molecule has 162 valence electrons. The lowest BCUT2D eigenvalue weighted by molar-refractivity contribution is -0.104. The maximum Gasteiger partial charge on any atom is 0.172 e. The Morgan fingerprint density at radius 3 is 2.77 bits per heavy atom. The van der Waals surface area contributed by atoms with E-state index in [-0.39, 0.29) is 5.60 Å². The average Bonchev–Trinajstić information content (AvgIpc) is 3.11. The second kappa shape index (κ2) is 9.81. The van der Waals surface area contributed by atoms with Crippen molar-refractivity contribution >= 4 is 23.0 Å². The topological polar surface area (TPSA) is 62.7 Å². The molecule has 1 fully saturated rings. The van der Waals surface area contributed by atoms with E-state index in [4.69, 9.17) is 4.74 Å². The Morgan fingerprint density at radius 2 is 2.13 bits per heavy atom. The minimum absolute atomic E-state index is 0.237. The average molecular weight is 430 g/mol. The number of nitrogens with zero attached hydrogens (tertiary/aromatic N) is 3. The third kappa shape index (κ3) is 4.96. The first-order chi connectivity index (χ1) is 14.4. The molecule has 7 heteroatoms. The van der Waals surface area contributed by atoms with Crippen LogP contribution in [0.15, 0.2) is 42.6 Å². The summed E-state index contributed by atoms with van der Waals surface area (Å²) in [6, 6.07) is 2.06. The Hall–Kier alpha value is -2.09. The molecule has 2 aliphatic rings. The molecule has 3 rings (SSSR count). The quantitative estimate of drug-likeness (QED) is 0.361. The first kappa shape index (κ1) is 22.6. The summed E-state index contributed by atoms with van der Waals surface area (Å²) in [4.78, 5) is 15.4. The van der Waals surface area contributed by atoms with E-state index in [0.717, 1.165) is 74.2 Å². The summed E-state index contributed by atoms with van der Waals surface area (Å²) in [5, 5.41) is 0. The zero-order chi connectivity index (χ0) is 21.7. The molecule has 1 unspecified atom stereocenters. The summed E-state index contributed by atoms with van der Waals surface area (Å²) in [6.45, 7) is 10.1. The van der Waals surface area contributed by atoms with Crippen LogP contribution in [0.5, 0.6) is 5.75 Å². The maximum atomic E-state index is 12.7. The fourth-order valence-corrected chi connectivity index (χ4v) is 5.15. The molecule has 0 N–H and O–H groups in total. The van der Waals surface area contributed by atoms with Gasteiger partial charge in [-0.2, -0.15) is 0 Å². The lowest BCUT2D eigenvalue weighted by atomic mass is 9.88. The largest absolute Gasteiger partial charge is 0.485 e. The Kier molecular flexibility index (Phi) is 7.39. The van der Waals surface area contributed by atoms with E-state index in [9.17, 15) is 9.00 Å². The van der Waals surface area contributed by atoms with Gasteiger partial charge in [-0.1, -0.05) is 31.7 Å². The highest BCUT2D eigenvalue weighted by Gasteiger charge is 2.43. The third-order valence-corrected chi connectivity index (χ3v) is 7.20. The molecule has 0 aliphatic carbocycles. The third-order valence-electron chi connectivity index (χ3n) is 5.67. The highest BCUT2D eigenvalue weighted by Crippen LogP contribution is 2.41. The van der Waals surface area contributed by atoms with Crippen LogP contribution in [0.3, 0.4) is 0 Å². The van der Waals surface area contributed by atoms with Gasteiger partial charge in [0.1, 0.15) is 17.6 Å². The Balaban J connectivity index is 1.70. The first-order valence-corrected chi connectivity index (χ1v) is 11.5. The van der Waals surface area contributed by atoms with Crippen LogP contribution in [0.4, 0.5) is 0 Å². The van der Waals surface area contributed by atoms with Crippen LogP contribution in [-0.2, 0) is 22.4 Å². The summed E-state index contributed by atoms with van der Waals surface area (Å²) in [5.74, 6) is 0.833. The molecule has 3 heterocycles. The number of piperidine rings is 1. The number of carbonyl (C=O) groups is 1. The second-order valence-corrected chi connectivity index (χ2v) is 9.61. The molecular weight excluding hydrogens is 398 g/mol. The van der Waals surface area contributed by atoms with Gasteiger partial charge in [-0.25, -0.2) is 12.8 Å². The number of rotatable bonds is 8. The number of carbonyl (C=O) groups excluding carboxylic acids is 1. The molecule has 0 radical (unpaired) electrons. The molecule has 1 saturated heterocycles. The minimum atomic E-state index is -1.09. The van der Waals surface area contributed by atoms with Crippen molar-refractivity contribution in [2.24, 2.45) is 0 Å². The van der Waals surface area contributed by atoms with Crippen LogP contribution >= 0.6 is 0 Å². The number of fused-ring (bicyclic) bond motifs is 1. The van der Waals surface area contributed by atoms with Gasteiger partial charge in [0.05, 0.1) is 11.9 Å². The molecule has 0 bridgehead atoms. The Bertz CT molecular complexity index is 886. The summed E-state index contributed by atoms with van der Waals surface area (Å²) in [5.41, 5.74) is 3.23. The molecule has 1 spiro atoms. The summed E-state index contributed by atoms with van der Waals surface area (Å²) in [7, 11) is 1.91. The number of allylic oxidation sites excluding steroid dienone is 5. The molecule has 2 aliphatic heterocycles. The van der Waals surface area contributed by atoms with Crippen molar-refractivity contribution in [3.8, 4) is 5.75 Å². The van der Waals surface area contributed by atoms with Crippen LogP contribution in [0.2, 0.25) is 0 Å². The lowest BCUT2D eigenvalue weighted by Crippen LogP contribution is -2.50. The standard InChI is InChI=1S/C23H31N3O3S/c1-5-11-25(4)30(28)26-12-9-23(10-13-26)15-20-14-21(24-16-22(20)29-23)19(6-2)8-7-18(3)17-27/h6-8,14,16-17H,2,5,9-13,15H2,1,3-4H3/b18-7+,19-8+. The number of hydrogen-bond donors (Lipinski definition) is 0. The van der Waals surface area contributed by atoms with E-state index >= 15 is 0 Å². The van der Waals surface area contributed by atoms with E-state index < -0.39 is 11.2 Å². The molecule has 1 aromatic heterocycles. The van der Waals surface area contributed by atoms with Gasteiger partial charge < -0.3 is 4.74 Å². The fraction of sp³-hybridized carbons (Fsp3) is 0.478. The maximum absolute atomic E-state index is 12.7. The highest BCUT2D eigenvalue weighted by molar-refractivity contribution is 7.80. The van der Waals surface area contributed by atoms with E-state index in [0.29, 0.717) is 5.57 Å². The van der Waals surface area contributed by atoms with E-state index in [1.165, 1.54) is 0 Å². The van der Waals surface area contributed by atoms with Crippen molar-refractivity contribution in [1.29, 1.82) is 0 Å². The van der Waals surface area contributed by atoms with Crippen molar-refractivity contribution < 1.29 is 13.7 Å². The van der Waals surface area contributed by atoms with Gasteiger partial charge in [0.15, 0.2) is 11.2 Å². The predicted molar refractivity (Wildman–Crippen MR) is 121 cm³/mol. The normalized spacial score (nSPS) is 20.1. The minimum Gasteiger partial charge on any atom is -0.485 e. The molecule has 0 aromatic carbocycles. The van der Waals surface area contributed by atoms with Crippen molar-refractivity contribution in [2.75, 3.05) is 26.7 Å². The summed E-state index contributed by atoms with van der Waals surface area (Å²) < 4.78 is 23.0. The van der Waals surface area contributed by atoms with Crippen molar-refractivity contribution in [3.05, 3.63) is 53.9 Å². The molecule has 1 atom stereocenters. The van der Waals surface area contributed by atoms with Gasteiger partial charge in [-0.05, 0) is 30.6 Å². The van der Waals surface area contributed by atoms with Crippen LogP contribution in [0, 0.1) is 0 Å². The van der Waals surface area contributed by atoms with Crippen LogP contribution < -0.4 is 4.74 Å². The smallest absolute Gasteiger partial charge is 0.172 e. The molecule has 0 saturated carbocycles. The highest BCUT2D eigenvalue weighted by atomic mass is 32.2. The molecular formula is C23H31N3O3S. The number of hydrogen-bond acceptors (Lipinski definition) is 4. The molecule has 6 nitrogen and oxygen atoms in total. The zero-order valence-electron chi connectivity index (χ0n) is 18.1. The zero-order valence-corrected chi connectivity index (χ0v) is 18.9. The van der Waals surface area contributed by atoms with Crippen LogP contribution in [0.25, 0.3) is 5.57 Å². The lowest BCUT2D eigenvalue weighted by Gasteiger charge is -2.38. The van der Waals surface area contributed by atoms with Crippen LogP contribution in [0.1, 0.15) is 44.4 Å². The monoisotopic (exact) mass is 429 g/mol. The van der Waals surface area contributed by atoms with Gasteiger partial charge in [0.2, 0.25) is 0 Å².